The van der Waals surface area contributed by atoms with E-state index in [4.69, 9.17) is 4.74 Å². The van der Waals surface area contributed by atoms with Gasteiger partial charge in [-0.2, -0.15) is 0 Å². The maximum atomic E-state index is 11.7. The minimum absolute atomic E-state index is 0.00633. The number of hydrogen-bond acceptors (Lipinski definition) is 2. The molecule has 0 saturated heterocycles. The molecule has 0 aliphatic heterocycles. The van der Waals surface area contributed by atoms with Crippen LogP contribution < -0.4 is 4.46 Å². The zero-order valence-electron chi connectivity index (χ0n) is 8.96. The molecule has 0 saturated carbocycles. The summed E-state index contributed by atoms with van der Waals surface area (Å²) in [5.41, 5.74) is 0. The molecule has 1 aromatic carbocycles. The monoisotopic (exact) mass is 282 g/mol. The van der Waals surface area contributed by atoms with Gasteiger partial charge in [0.25, 0.3) is 0 Å². The summed E-state index contributed by atoms with van der Waals surface area (Å²) in [4.78, 5) is 11.6. The number of carbonyl (C=O) groups is 1. The first kappa shape index (κ1) is 11.4. The van der Waals surface area contributed by atoms with E-state index in [0.29, 0.717) is 0 Å². The van der Waals surface area contributed by atoms with E-state index in [1.54, 1.807) is 0 Å². The van der Waals surface area contributed by atoms with Gasteiger partial charge in [-0.1, -0.05) is 0 Å². The number of ether oxygens (including phenoxy) is 1. The fourth-order valence-electron chi connectivity index (χ4n) is 1.61. The van der Waals surface area contributed by atoms with Crippen molar-refractivity contribution in [2.75, 3.05) is 0 Å². The molecule has 1 aromatic rings. The fourth-order valence-corrected chi connectivity index (χ4v) is 2.99. The van der Waals surface area contributed by atoms with Gasteiger partial charge in [0.1, 0.15) is 0 Å². The number of hydrogen-bond donors (Lipinski definition) is 0. The van der Waals surface area contributed by atoms with Gasteiger partial charge < -0.3 is 0 Å². The van der Waals surface area contributed by atoms with Crippen LogP contribution in [0.25, 0.3) is 0 Å². The van der Waals surface area contributed by atoms with E-state index in [1.165, 1.54) is 0 Å². The van der Waals surface area contributed by atoms with E-state index in [9.17, 15) is 4.79 Å². The van der Waals surface area contributed by atoms with Crippen molar-refractivity contribution in [1.82, 2.24) is 0 Å². The molecule has 0 amide bonds. The average Bonchev–Trinajstić information content (AvgIpc) is 2.31. The Bertz CT molecular complexity index is 373. The molecule has 2 nitrogen and oxygen atoms in total. The zero-order valence-corrected chi connectivity index (χ0v) is 10.7. The molecule has 1 aliphatic carbocycles. The molecule has 0 spiro atoms. The fraction of sp³-hybridized carbons (Fsp3) is 0.308. The first-order chi connectivity index (χ1) is 7.84. The molecule has 16 heavy (non-hydrogen) atoms. The van der Waals surface area contributed by atoms with E-state index in [2.05, 4.69) is 6.08 Å². The Morgan fingerprint density at radius 1 is 1.31 bits per heavy atom. The van der Waals surface area contributed by atoms with E-state index in [0.717, 1.165) is 23.7 Å². The summed E-state index contributed by atoms with van der Waals surface area (Å²) >= 11 is -0.216. The van der Waals surface area contributed by atoms with Crippen LogP contribution >= 0.6 is 0 Å². The van der Waals surface area contributed by atoms with Crippen molar-refractivity contribution in [2.45, 2.75) is 25.4 Å². The van der Waals surface area contributed by atoms with Crippen molar-refractivity contribution >= 4 is 24.3 Å². The van der Waals surface area contributed by atoms with Gasteiger partial charge in [0.2, 0.25) is 0 Å². The van der Waals surface area contributed by atoms with Gasteiger partial charge in [0.15, 0.2) is 0 Å². The van der Waals surface area contributed by atoms with Gasteiger partial charge in [0, 0.05) is 0 Å². The van der Waals surface area contributed by atoms with Crippen molar-refractivity contribution < 1.29 is 9.53 Å². The SMILES string of the molecule is O=C(OC1C=CCCC1)[Se]c1ccccc1. The quantitative estimate of drug-likeness (QED) is 0.627. The summed E-state index contributed by atoms with van der Waals surface area (Å²) in [5, 5.41) is 0. The topological polar surface area (TPSA) is 26.3 Å². The zero-order chi connectivity index (χ0) is 11.2. The Kier molecular flexibility index (Phi) is 4.20. The molecule has 3 heteroatoms. The standard InChI is InChI=1S/C13H14O2Se/c14-13(15-11-7-3-1-4-8-11)16-12-9-5-2-6-10-12/h2-3,5-7,9-11H,1,4,8H2. The van der Waals surface area contributed by atoms with Crippen molar-refractivity contribution in [2.24, 2.45) is 0 Å². The Morgan fingerprint density at radius 2 is 2.12 bits per heavy atom. The third-order valence-corrected chi connectivity index (χ3v) is 4.02. The van der Waals surface area contributed by atoms with Gasteiger partial charge in [-0.15, -0.1) is 0 Å². The van der Waals surface area contributed by atoms with Crippen LogP contribution in [0.5, 0.6) is 0 Å². The third kappa shape index (κ3) is 3.51. The van der Waals surface area contributed by atoms with Crippen LogP contribution in [-0.2, 0) is 4.74 Å². The summed E-state index contributed by atoms with van der Waals surface area (Å²) in [6.07, 6.45) is 7.30. The number of carbonyl (C=O) groups excluding carboxylic acids is 1. The first-order valence-electron chi connectivity index (χ1n) is 5.45. The van der Waals surface area contributed by atoms with Gasteiger partial charge in [0.05, 0.1) is 0 Å². The number of rotatable bonds is 3. The molecule has 0 N–H and O–H groups in total. The van der Waals surface area contributed by atoms with E-state index in [1.807, 2.05) is 36.4 Å². The predicted molar refractivity (Wildman–Crippen MR) is 65.1 cm³/mol. The molecular weight excluding hydrogens is 267 g/mol. The van der Waals surface area contributed by atoms with Gasteiger partial charge in [-0.25, -0.2) is 0 Å². The summed E-state index contributed by atoms with van der Waals surface area (Å²) in [6.45, 7) is 0. The second kappa shape index (κ2) is 5.88. The molecule has 0 fully saturated rings. The summed E-state index contributed by atoms with van der Waals surface area (Å²) < 4.78 is 6.47. The average molecular weight is 281 g/mol. The van der Waals surface area contributed by atoms with Crippen molar-refractivity contribution in [3.8, 4) is 0 Å². The molecule has 2 rings (SSSR count). The number of benzene rings is 1. The Balaban J connectivity index is 1.84. The molecule has 1 aliphatic rings. The van der Waals surface area contributed by atoms with Crippen LogP contribution in [0.4, 0.5) is 4.79 Å². The summed E-state index contributed by atoms with van der Waals surface area (Å²) in [6, 6.07) is 9.79. The number of allylic oxidation sites excluding steroid dienone is 1. The van der Waals surface area contributed by atoms with E-state index >= 15 is 0 Å². The molecule has 0 bridgehead atoms. The molecule has 1 atom stereocenters. The van der Waals surface area contributed by atoms with E-state index in [-0.39, 0.29) is 25.9 Å². The molecule has 0 radical (unpaired) electrons. The van der Waals surface area contributed by atoms with Crippen LogP contribution in [0.2, 0.25) is 0 Å². The minimum atomic E-state index is -0.216. The van der Waals surface area contributed by atoms with Crippen LogP contribution in [0.1, 0.15) is 19.3 Å². The van der Waals surface area contributed by atoms with Crippen molar-refractivity contribution in [3.05, 3.63) is 42.5 Å². The maximum absolute atomic E-state index is 11.7. The Morgan fingerprint density at radius 3 is 2.81 bits per heavy atom. The Hall–Kier alpha value is -1.05. The first-order valence-corrected chi connectivity index (χ1v) is 7.16. The molecule has 0 heterocycles. The molecule has 84 valence electrons. The van der Waals surface area contributed by atoms with E-state index < -0.39 is 0 Å². The molecule has 1 unspecified atom stereocenters. The van der Waals surface area contributed by atoms with Crippen LogP contribution in [-0.4, -0.2) is 25.9 Å². The molecule has 0 aromatic heterocycles. The summed E-state index contributed by atoms with van der Waals surface area (Å²) in [7, 11) is 0. The normalized spacial score (nSPS) is 19.4. The van der Waals surface area contributed by atoms with Crippen molar-refractivity contribution in [3.63, 3.8) is 0 Å². The van der Waals surface area contributed by atoms with Crippen LogP contribution in [0.3, 0.4) is 0 Å². The van der Waals surface area contributed by atoms with Crippen molar-refractivity contribution in [1.29, 1.82) is 0 Å². The summed E-state index contributed by atoms with van der Waals surface area (Å²) in [5.74, 6) is 0. The predicted octanol–water partition coefficient (Wildman–Crippen LogP) is 2.26. The third-order valence-electron chi connectivity index (χ3n) is 2.40. The van der Waals surface area contributed by atoms with Gasteiger partial charge in [-0.05, 0) is 0 Å². The second-order valence-corrected chi connectivity index (χ2v) is 5.80. The van der Waals surface area contributed by atoms with Gasteiger partial charge in [-0.3, -0.25) is 0 Å². The van der Waals surface area contributed by atoms with Crippen LogP contribution in [0, 0.1) is 0 Å². The van der Waals surface area contributed by atoms with Gasteiger partial charge >= 0.3 is 102 Å². The Labute approximate surface area is 102 Å². The second-order valence-electron chi connectivity index (χ2n) is 3.68. The molecular formula is C13H14O2Se. The van der Waals surface area contributed by atoms with Crippen LogP contribution in [0.15, 0.2) is 42.5 Å².